The third-order valence-corrected chi connectivity index (χ3v) is 5.38. The molecule has 0 radical (unpaired) electrons. The highest BCUT2D eigenvalue weighted by molar-refractivity contribution is 5.69. The number of benzene rings is 1. The number of nitrogens with zero attached hydrogens (tertiary/aromatic N) is 4. The van der Waals surface area contributed by atoms with Crippen LogP contribution in [0, 0.1) is 18.8 Å². The van der Waals surface area contributed by atoms with E-state index in [2.05, 4.69) is 24.8 Å². The molecule has 0 saturated carbocycles. The predicted molar refractivity (Wildman–Crippen MR) is 111 cm³/mol. The lowest BCUT2D eigenvalue weighted by Gasteiger charge is -2.36. The molecule has 28 heavy (non-hydrogen) atoms. The van der Waals surface area contributed by atoms with E-state index >= 15 is 0 Å². The molecule has 0 unspecified atom stereocenters. The molecule has 1 saturated heterocycles. The molecule has 148 valence electrons. The van der Waals surface area contributed by atoms with E-state index < -0.39 is 0 Å². The van der Waals surface area contributed by atoms with Gasteiger partial charge in [-0.05, 0) is 37.3 Å². The summed E-state index contributed by atoms with van der Waals surface area (Å²) in [4.78, 5) is 7.16. The van der Waals surface area contributed by atoms with E-state index in [0.29, 0.717) is 11.8 Å². The molecule has 0 spiro atoms. The fourth-order valence-corrected chi connectivity index (χ4v) is 4.25. The van der Waals surface area contributed by atoms with Crippen molar-refractivity contribution in [2.75, 3.05) is 32.2 Å². The third kappa shape index (κ3) is 3.51. The van der Waals surface area contributed by atoms with E-state index in [-0.39, 0.29) is 0 Å². The second-order valence-electron chi connectivity index (χ2n) is 8.01. The Kier molecular flexibility index (Phi) is 4.87. The average molecular weight is 380 g/mol. The van der Waals surface area contributed by atoms with Crippen LogP contribution in [0.1, 0.15) is 26.0 Å². The molecule has 0 bridgehead atoms. The van der Waals surface area contributed by atoms with E-state index in [1.165, 1.54) is 6.42 Å². The molecule has 0 N–H and O–H groups in total. The van der Waals surface area contributed by atoms with Gasteiger partial charge in [-0.25, -0.2) is 4.98 Å². The van der Waals surface area contributed by atoms with Crippen molar-refractivity contribution in [3.05, 3.63) is 36.0 Å². The molecule has 0 amide bonds. The summed E-state index contributed by atoms with van der Waals surface area (Å²) in [6, 6.07) is 9.98. The molecular formula is C22H28N4O2. The highest BCUT2D eigenvalue weighted by Gasteiger charge is 2.24. The summed E-state index contributed by atoms with van der Waals surface area (Å²) in [5.41, 5.74) is 3.67. The highest BCUT2D eigenvalue weighted by atomic mass is 16.5. The number of ether oxygens (including phenoxy) is 2. The first-order chi connectivity index (χ1) is 13.5. The summed E-state index contributed by atoms with van der Waals surface area (Å²) in [6.45, 7) is 8.79. The molecule has 1 fully saturated rings. The molecule has 4 rings (SSSR count). The maximum Gasteiger partial charge on any atom is 0.158 e. The Morgan fingerprint density at radius 1 is 0.929 bits per heavy atom. The van der Waals surface area contributed by atoms with Crippen LogP contribution in [0.3, 0.4) is 0 Å². The minimum Gasteiger partial charge on any atom is -0.497 e. The number of fused-ring (bicyclic) bond motifs is 1. The Bertz CT molecular complexity index is 965. The van der Waals surface area contributed by atoms with Crippen molar-refractivity contribution in [1.29, 1.82) is 0 Å². The Labute approximate surface area is 166 Å². The molecule has 0 aliphatic carbocycles. The molecule has 1 aromatic carbocycles. The van der Waals surface area contributed by atoms with Crippen molar-refractivity contribution in [2.24, 2.45) is 11.8 Å². The van der Waals surface area contributed by atoms with E-state index in [9.17, 15) is 0 Å². The van der Waals surface area contributed by atoms with E-state index in [1.54, 1.807) is 14.2 Å². The average Bonchev–Trinajstić information content (AvgIpc) is 3.10. The van der Waals surface area contributed by atoms with Gasteiger partial charge in [0.15, 0.2) is 5.65 Å². The van der Waals surface area contributed by atoms with Crippen LogP contribution in [0.4, 0.5) is 5.82 Å². The van der Waals surface area contributed by atoms with Crippen LogP contribution in [0.2, 0.25) is 0 Å². The fraction of sp³-hybridized carbons (Fsp3) is 0.455. The van der Waals surface area contributed by atoms with Crippen LogP contribution in [0.5, 0.6) is 11.5 Å². The third-order valence-electron chi connectivity index (χ3n) is 5.38. The van der Waals surface area contributed by atoms with Gasteiger partial charge in [0.25, 0.3) is 0 Å². The quantitative estimate of drug-likeness (QED) is 0.679. The number of methoxy groups -OCH3 is 2. The van der Waals surface area contributed by atoms with Gasteiger partial charge in [-0.2, -0.15) is 9.61 Å². The first-order valence-corrected chi connectivity index (χ1v) is 9.82. The number of hydrogen-bond acceptors (Lipinski definition) is 5. The number of aromatic nitrogens is 3. The maximum absolute atomic E-state index is 5.42. The lowest BCUT2D eigenvalue weighted by molar-refractivity contribution is 0.354. The van der Waals surface area contributed by atoms with E-state index in [4.69, 9.17) is 19.6 Å². The van der Waals surface area contributed by atoms with Gasteiger partial charge in [0.05, 0.1) is 19.9 Å². The van der Waals surface area contributed by atoms with Gasteiger partial charge in [0, 0.05) is 42.5 Å². The SMILES string of the molecule is COc1cc(OC)cc(-c2cc3nc(C)cc(N4C[C@H](C)C[C@H](C)C4)n3n2)c1. The Balaban J connectivity index is 1.81. The zero-order valence-corrected chi connectivity index (χ0v) is 17.3. The minimum atomic E-state index is 0.671. The van der Waals surface area contributed by atoms with Crippen LogP contribution in [-0.4, -0.2) is 41.9 Å². The minimum absolute atomic E-state index is 0.671. The fourth-order valence-electron chi connectivity index (χ4n) is 4.25. The summed E-state index contributed by atoms with van der Waals surface area (Å²) in [5, 5.41) is 4.90. The zero-order chi connectivity index (χ0) is 19.8. The predicted octanol–water partition coefficient (Wildman–Crippen LogP) is 4.20. The van der Waals surface area contributed by atoms with Crippen molar-refractivity contribution in [3.63, 3.8) is 0 Å². The summed E-state index contributed by atoms with van der Waals surface area (Å²) in [5.74, 6) is 3.95. The normalized spacial score (nSPS) is 19.8. The van der Waals surface area contributed by atoms with E-state index in [1.807, 2.05) is 35.7 Å². The molecule has 6 heteroatoms. The Hall–Kier alpha value is -2.76. The number of aryl methyl sites for hydroxylation is 1. The van der Waals surface area contributed by atoms with Gasteiger partial charge in [-0.1, -0.05) is 13.8 Å². The molecule has 3 aromatic rings. The van der Waals surface area contributed by atoms with Gasteiger partial charge in [-0.15, -0.1) is 0 Å². The lowest BCUT2D eigenvalue weighted by Crippen LogP contribution is -2.39. The first kappa shape index (κ1) is 18.6. The summed E-state index contributed by atoms with van der Waals surface area (Å²) < 4.78 is 12.8. The molecule has 2 atom stereocenters. The van der Waals surface area contributed by atoms with Gasteiger partial charge < -0.3 is 14.4 Å². The second kappa shape index (κ2) is 7.34. The Morgan fingerprint density at radius 3 is 2.18 bits per heavy atom. The highest BCUT2D eigenvalue weighted by Crippen LogP contribution is 2.32. The van der Waals surface area contributed by atoms with Crippen LogP contribution in [0.15, 0.2) is 30.3 Å². The number of rotatable bonds is 4. The lowest BCUT2D eigenvalue weighted by atomic mass is 9.92. The molecule has 2 aromatic heterocycles. The molecule has 6 nitrogen and oxygen atoms in total. The summed E-state index contributed by atoms with van der Waals surface area (Å²) in [7, 11) is 3.31. The van der Waals surface area contributed by atoms with Crippen LogP contribution in [0.25, 0.3) is 16.9 Å². The van der Waals surface area contributed by atoms with Gasteiger partial charge in [0.2, 0.25) is 0 Å². The number of piperidine rings is 1. The summed E-state index contributed by atoms with van der Waals surface area (Å²) in [6.07, 6.45) is 1.28. The van der Waals surface area contributed by atoms with Crippen molar-refractivity contribution in [1.82, 2.24) is 14.6 Å². The number of hydrogen-bond donors (Lipinski definition) is 0. The molecule has 3 heterocycles. The van der Waals surface area contributed by atoms with Crippen LogP contribution < -0.4 is 14.4 Å². The Morgan fingerprint density at radius 2 is 1.57 bits per heavy atom. The maximum atomic E-state index is 5.42. The largest absolute Gasteiger partial charge is 0.497 e. The van der Waals surface area contributed by atoms with Crippen LogP contribution >= 0.6 is 0 Å². The zero-order valence-electron chi connectivity index (χ0n) is 17.3. The number of anilines is 1. The van der Waals surface area contributed by atoms with E-state index in [0.717, 1.165) is 53.0 Å². The first-order valence-electron chi connectivity index (χ1n) is 9.82. The standard InChI is InChI=1S/C22H28N4O2/c1-14-6-15(2)13-25(12-14)22-7-16(3)23-21-11-20(24-26(21)22)17-8-18(27-4)10-19(9-17)28-5/h7-11,14-15H,6,12-13H2,1-5H3/t14-,15+. The molecule has 1 aliphatic rings. The van der Waals surface area contributed by atoms with Crippen molar-refractivity contribution in [3.8, 4) is 22.8 Å². The van der Waals surface area contributed by atoms with Crippen molar-refractivity contribution >= 4 is 11.5 Å². The molecular weight excluding hydrogens is 352 g/mol. The second-order valence-corrected chi connectivity index (χ2v) is 8.01. The summed E-state index contributed by atoms with van der Waals surface area (Å²) >= 11 is 0. The van der Waals surface area contributed by atoms with Gasteiger partial charge in [-0.3, -0.25) is 0 Å². The van der Waals surface area contributed by atoms with Crippen molar-refractivity contribution in [2.45, 2.75) is 27.2 Å². The molecule has 1 aliphatic heterocycles. The van der Waals surface area contributed by atoms with Crippen LogP contribution in [-0.2, 0) is 0 Å². The smallest absolute Gasteiger partial charge is 0.158 e. The monoisotopic (exact) mass is 380 g/mol. The van der Waals surface area contributed by atoms with Gasteiger partial charge in [0.1, 0.15) is 17.3 Å². The topological polar surface area (TPSA) is 51.9 Å². The van der Waals surface area contributed by atoms with Crippen molar-refractivity contribution < 1.29 is 9.47 Å². The van der Waals surface area contributed by atoms with Gasteiger partial charge >= 0.3 is 0 Å².